The molecular weight excluding hydrogens is 242 g/mol. The summed E-state index contributed by atoms with van der Waals surface area (Å²) < 4.78 is 0. The molecule has 0 aliphatic carbocycles. The molecule has 0 bridgehead atoms. The zero-order valence-electron chi connectivity index (χ0n) is 11.1. The lowest BCUT2D eigenvalue weighted by atomic mass is 10.0. The number of piperidine rings is 1. The van der Waals surface area contributed by atoms with Crippen molar-refractivity contribution >= 4 is 17.4 Å². The zero-order chi connectivity index (χ0) is 12.6. The van der Waals surface area contributed by atoms with E-state index in [1.54, 1.807) is 0 Å². The Labute approximate surface area is 114 Å². The maximum atomic E-state index is 4.07. The van der Waals surface area contributed by atoms with Crippen molar-refractivity contribution in [2.24, 2.45) is 0 Å². The van der Waals surface area contributed by atoms with Gasteiger partial charge in [-0.1, -0.05) is 0 Å². The number of anilines is 1. The van der Waals surface area contributed by atoms with E-state index in [0.717, 1.165) is 13.1 Å². The molecule has 2 rings (SSSR count). The maximum absolute atomic E-state index is 4.07. The summed E-state index contributed by atoms with van der Waals surface area (Å²) in [5, 5.41) is 3.68. The van der Waals surface area contributed by atoms with E-state index >= 15 is 0 Å². The third-order valence-electron chi connectivity index (χ3n) is 3.48. The predicted molar refractivity (Wildman–Crippen MR) is 80.5 cm³/mol. The van der Waals surface area contributed by atoms with Crippen molar-refractivity contribution in [1.82, 2.24) is 10.3 Å². The summed E-state index contributed by atoms with van der Waals surface area (Å²) >= 11 is 1.93. The van der Waals surface area contributed by atoms with Crippen LogP contribution in [0.5, 0.6) is 0 Å². The van der Waals surface area contributed by atoms with Gasteiger partial charge in [0.15, 0.2) is 0 Å². The molecule has 18 heavy (non-hydrogen) atoms. The molecule has 1 fully saturated rings. The van der Waals surface area contributed by atoms with Gasteiger partial charge >= 0.3 is 0 Å². The first-order valence-electron chi connectivity index (χ1n) is 6.77. The van der Waals surface area contributed by atoms with Crippen LogP contribution in [0.2, 0.25) is 0 Å². The van der Waals surface area contributed by atoms with E-state index in [4.69, 9.17) is 0 Å². The molecule has 0 unspecified atom stereocenters. The molecule has 4 heteroatoms. The minimum Gasteiger partial charge on any atom is -0.371 e. The van der Waals surface area contributed by atoms with Crippen LogP contribution in [0.25, 0.3) is 0 Å². The van der Waals surface area contributed by atoms with Gasteiger partial charge in [0.25, 0.3) is 0 Å². The largest absolute Gasteiger partial charge is 0.371 e. The van der Waals surface area contributed by atoms with Gasteiger partial charge in [0.1, 0.15) is 0 Å². The van der Waals surface area contributed by atoms with E-state index in [1.165, 1.54) is 37.2 Å². The van der Waals surface area contributed by atoms with Gasteiger partial charge < -0.3 is 10.2 Å². The van der Waals surface area contributed by atoms with Crippen LogP contribution >= 0.6 is 11.8 Å². The highest BCUT2D eigenvalue weighted by atomic mass is 32.2. The lowest BCUT2D eigenvalue weighted by molar-refractivity contribution is 0.416. The van der Waals surface area contributed by atoms with Crippen molar-refractivity contribution in [1.29, 1.82) is 0 Å². The van der Waals surface area contributed by atoms with Crippen molar-refractivity contribution in [2.75, 3.05) is 36.5 Å². The zero-order valence-corrected chi connectivity index (χ0v) is 12.0. The second-order valence-electron chi connectivity index (χ2n) is 4.77. The summed E-state index contributed by atoms with van der Waals surface area (Å²) in [7, 11) is 0. The van der Waals surface area contributed by atoms with E-state index in [0.29, 0.717) is 6.04 Å². The van der Waals surface area contributed by atoms with Crippen LogP contribution in [0, 0.1) is 0 Å². The Kier molecular flexibility index (Phi) is 5.81. The molecule has 100 valence electrons. The molecule has 2 heterocycles. The fourth-order valence-electron chi connectivity index (χ4n) is 2.42. The minimum absolute atomic E-state index is 0.713. The Bertz CT molecular complexity index is 323. The Balaban J connectivity index is 1.68. The van der Waals surface area contributed by atoms with Crippen LogP contribution < -0.4 is 10.2 Å². The van der Waals surface area contributed by atoms with Gasteiger partial charge in [0.2, 0.25) is 0 Å². The average molecular weight is 265 g/mol. The topological polar surface area (TPSA) is 28.2 Å². The first-order valence-corrected chi connectivity index (χ1v) is 8.17. The number of nitrogens with zero attached hydrogens (tertiary/aromatic N) is 2. The van der Waals surface area contributed by atoms with Gasteiger partial charge in [0.05, 0.1) is 0 Å². The average Bonchev–Trinajstić information content (AvgIpc) is 2.45. The third kappa shape index (κ3) is 4.18. The molecule has 1 aromatic heterocycles. The third-order valence-corrected chi connectivity index (χ3v) is 4.18. The molecule has 1 aliphatic rings. The lowest BCUT2D eigenvalue weighted by Gasteiger charge is -2.34. The van der Waals surface area contributed by atoms with Crippen molar-refractivity contribution in [2.45, 2.75) is 25.3 Å². The molecule has 1 saturated heterocycles. The van der Waals surface area contributed by atoms with Crippen LogP contribution in [-0.4, -0.2) is 42.7 Å². The van der Waals surface area contributed by atoms with Gasteiger partial charge in [0, 0.05) is 37.2 Å². The molecule has 0 radical (unpaired) electrons. The fraction of sp³-hybridized carbons (Fsp3) is 0.643. The van der Waals surface area contributed by atoms with Gasteiger partial charge in [-0.15, -0.1) is 0 Å². The van der Waals surface area contributed by atoms with Crippen LogP contribution in [0.3, 0.4) is 0 Å². The molecule has 1 aromatic rings. The summed E-state index contributed by atoms with van der Waals surface area (Å²) in [5.74, 6) is 1.27. The normalized spacial score (nSPS) is 17.1. The number of thioether (sulfide) groups is 1. The number of hydrogen-bond acceptors (Lipinski definition) is 4. The highest BCUT2D eigenvalue weighted by Crippen LogP contribution is 2.18. The summed E-state index contributed by atoms with van der Waals surface area (Å²) in [6.07, 6.45) is 9.71. The van der Waals surface area contributed by atoms with E-state index in [9.17, 15) is 0 Å². The molecule has 0 aromatic carbocycles. The van der Waals surface area contributed by atoms with E-state index in [-0.39, 0.29) is 0 Å². The molecule has 3 nitrogen and oxygen atoms in total. The van der Waals surface area contributed by atoms with E-state index in [2.05, 4.69) is 33.6 Å². The standard InChI is InChI=1S/C14H23N3S/c1-18-12-2-7-16-13-5-10-17(11-6-13)14-3-8-15-9-4-14/h3-4,8-9,13,16H,2,5-7,10-12H2,1H3. The van der Waals surface area contributed by atoms with Gasteiger partial charge in [-0.2, -0.15) is 11.8 Å². The molecule has 0 amide bonds. The van der Waals surface area contributed by atoms with Crippen molar-refractivity contribution < 1.29 is 0 Å². The van der Waals surface area contributed by atoms with Crippen LogP contribution in [0.15, 0.2) is 24.5 Å². The number of pyridine rings is 1. The molecule has 0 saturated carbocycles. The van der Waals surface area contributed by atoms with Crippen molar-refractivity contribution in [3.05, 3.63) is 24.5 Å². The highest BCUT2D eigenvalue weighted by molar-refractivity contribution is 7.98. The summed E-state index contributed by atoms with van der Waals surface area (Å²) in [4.78, 5) is 6.53. The van der Waals surface area contributed by atoms with Crippen LogP contribution in [-0.2, 0) is 0 Å². The predicted octanol–water partition coefficient (Wildman–Crippen LogP) is 2.39. The number of aromatic nitrogens is 1. The van der Waals surface area contributed by atoms with Crippen LogP contribution in [0.4, 0.5) is 5.69 Å². The smallest absolute Gasteiger partial charge is 0.0397 e. The molecular formula is C14H23N3S. The van der Waals surface area contributed by atoms with Crippen LogP contribution in [0.1, 0.15) is 19.3 Å². The number of rotatable bonds is 6. The van der Waals surface area contributed by atoms with Crippen molar-refractivity contribution in [3.63, 3.8) is 0 Å². The lowest BCUT2D eigenvalue weighted by Crippen LogP contribution is -2.42. The Hall–Kier alpha value is -0.740. The minimum atomic E-state index is 0.713. The maximum Gasteiger partial charge on any atom is 0.0397 e. The first-order chi connectivity index (χ1) is 8.90. The monoisotopic (exact) mass is 265 g/mol. The molecule has 1 N–H and O–H groups in total. The number of hydrogen-bond donors (Lipinski definition) is 1. The quantitative estimate of drug-likeness (QED) is 0.800. The van der Waals surface area contributed by atoms with Crippen molar-refractivity contribution in [3.8, 4) is 0 Å². The van der Waals surface area contributed by atoms with Gasteiger partial charge in [-0.25, -0.2) is 0 Å². The second kappa shape index (κ2) is 7.64. The summed E-state index contributed by atoms with van der Waals surface area (Å²) in [6.45, 7) is 3.48. The fourth-order valence-corrected chi connectivity index (χ4v) is 2.85. The second-order valence-corrected chi connectivity index (χ2v) is 5.75. The van der Waals surface area contributed by atoms with E-state index < -0.39 is 0 Å². The summed E-state index contributed by atoms with van der Waals surface area (Å²) in [5.41, 5.74) is 1.31. The van der Waals surface area contributed by atoms with Gasteiger partial charge in [-0.3, -0.25) is 4.98 Å². The SMILES string of the molecule is CSCCCNC1CCN(c2ccncc2)CC1. The molecule has 1 aliphatic heterocycles. The highest BCUT2D eigenvalue weighted by Gasteiger charge is 2.18. The molecule has 0 spiro atoms. The summed E-state index contributed by atoms with van der Waals surface area (Å²) in [6, 6.07) is 4.92. The molecule has 0 atom stereocenters. The van der Waals surface area contributed by atoms with E-state index in [1.807, 2.05) is 24.2 Å². The first kappa shape index (κ1) is 13.7. The number of nitrogens with one attached hydrogen (secondary N) is 1. The Morgan fingerprint density at radius 2 is 2.06 bits per heavy atom. The Morgan fingerprint density at radius 1 is 1.33 bits per heavy atom. The van der Waals surface area contributed by atoms with Gasteiger partial charge in [-0.05, 0) is 49.9 Å². The Morgan fingerprint density at radius 3 is 2.72 bits per heavy atom.